The fourth-order valence-corrected chi connectivity index (χ4v) is 2.84. The summed E-state index contributed by atoms with van der Waals surface area (Å²) in [4.78, 5) is 0.398. The van der Waals surface area contributed by atoms with E-state index in [-0.39, 0.29) is 0 Å². The molecule has 2 aromatic rings. The molecule has 0 aliphatic heterocycles. The van der Waals surface area contributed by atoms with Crippen LogP contribution in [0.1, 0.15) is 11.1 Å². The van der Waals surface area contributed by atoms with Gasteiger partial charge in [-0.15, -0.1) is 0 Å². The maximum atomic E-state index is 5.76. The van der Waals surface area contributed by atoms with Crippen molar-refractivity contribution in [1.82, 2.24) is 0 Å². The molecule has 0 fully saturated rings. The zero-order valence-corrected chi connectivity index (χ0v) is 12.8. The maximum Gasteiger partial charge on any atom is 0.107 e. The highest BCUT2D eigenvalue weighted by Gasteiger charge is 2.08. The second-order valence-corrected chi connectivity index (χ2v) is 5.48. The Bertz CT molecular complexity index is 570. The van der Waals surface area contributed by atoms with Gasteiger partial charge in [-0.2, -0.15) is 0 Å². The molecule has 0 atom stereocenters. The van der Waals surface area contributed by atoms with Crippen molar-refractivity contribution in [3.05, 3.63) is 64.1 Å². The molecule has 2 aromatic carbocycles. The molecular weight excluding hydrogens is 320 g/mol. The van der Waals surface area contributed by atoms with Gasteiger partial charge < -0.3 is 11.1 Å². The molecule has 0 heterocycles. The van der Waals surface area contributed by atoms with Crippen LogP contribution >= 0.6 is 28.1 Å². The summed E-state index contributed by atoms with van der Waals surface area (Å²) in [6.07, 6.45) is 0.962. The molecule has 0 aliphatic rings. The van der Waals surface area contributed by atoms with Crippen LogP contribution < -0.4 is 11.1 Å². The summed E-state index contributed by atoms with van der Waals surface area (Å²) in [7, 11) is 0. The van der Waals surface area contributed by atoms with Crippen molar-refractivity contribution in [3.63, 3.8) is 0 Å². The van der Waals surface area contributed by atoms with E-state index in [9.17, 15) is 0 Å². The molecule has 4 heteroatoms. The predicted octanol–water partition coefficient (Wildman–Crippen LogP) is 3.74. The monoisotopic (exact) mass is 334 g/mol. The van der Waals surface area contributed by atoms with Gasteiger partial charge in [0.15, 0.2) is 0 Å². The van der Waals surface area contributed by atoms with Gasteiger partial charge in [0, 0.05) is 22.3 Å². The normalized spacial score (nSPS) is 10.2. The lowest BCUT2D eigenvalue weighted by Crippen LogP contribution is -2.15. The van der Waals surface area contributed by atoms with Gasteiger partial charge >= 0.3 is 0 Å². The first-order valence-electron chi connectivity index (χ1n) is 6.04. The van der Waals surface area contributed by atoms with E-state index in [1.54, 1.807) is 0 Å². The smallest absolute Gasteiger partial charge is 0.107 e. The van der Waals surface area contributed by atoms with Crippen LogP contribution in [0.4, 0.5) is 5.69 Å². The quantitative estimate of drug-likeness (QED) is 0.818. The fraction of sp³-hybridized carbons (Fsp3) is 0.133. The minimum Gasteiger partial charge on any atom is -0.389 e. The van der Waals surface area contributed by atoms with Crippen LogP contribution in [0.15, 0.2) is 53.0 Å². The van der Waals surface area contributed by atoms with E-state index in [4.69, 9.17) is 18.0 Å². The van der Waals surface area contributed by atoms with Gasteiger partial charge in [-0.3, -0.25) is 0 Å². The number of thiocarbonyl (C=S) groups is 1. The molecule has 0 spiro atoms. The first-order valence-corrected chi connectivity index (χ1v) is 7.24. The number of hydrogen-bond acceptors (Lipinski definition) is 2. The Labute approximate surface area is 127 Å². The highest BCUT2D eigenvalue weighted by atomic mass is 79.9. The first-order chi connectivity index (χ1) is 9.18. The van der Waals surface area contributed by atoms with Crippen LogP contribution in [0.2, 0.25) is 0 Å². The minimum absolute atomic E-state index is 0.398. The molecule has 0 bridgehead atoms. The summed E-state index contributed by atoms with van der Waals surface area (Å²) in [5.74, 6) is 0. The van der Waals surface area contributed by atoms with E-state index in [2.05, 4.69) is 45.5 Å². The zero-order chi connectivity index (χ0) is 13.7. The number of nitrogens with two attached hydrogens (primary N) is 1. The van der Waals surface area contributed by atoms with Crippen LogP contribution in [-0.4, -0.2) is 11.5 Å². The zero-order valence-electron chi connectivity index (χ0n) is 10.4. The van der Waals surface area contributed by atoms with Gasteiger partial charge in [-0.1, -0.05) is 48.6 Å². The second-order valence-electron chi connectivity index (χ2n) is 4.19. The molecule has 0 radical (unpaired) electrons. The lowest BCUT2D eigenvalue weighted by molar-refractivity contribution is 1.02. The molecule has 3 N–H and O–H groups in total. The first kappa shape index (κ1) is 14.0. The molecule has 0 unspecified atom stereocenters. The fourth-order valence-electron chi connectivity index (χ4n) is 1.91. The lowest BCUT2D eigenvalue weighted by Gasteiger charge is -2.12. The van der Waals surface area contributed by atoms with E-state index in [0.717, 1.165) is 28.7 Å². The lowest BCUT2D eigenvalue weighted by atomic mass is 10.1. The van der Waals surface area contributed by atoms with Crippen LogP contribution in [0.25, 0.3) is 0 Å². The van der Waals surface area contributed by atoms with Crippen molar-refractivity contribution in [3.8, 4) is 0 Å². The minimum atomic E-state index is 0.398. The van der Waals surface area contributed by atoms with Crippen molar-refractivity contribution in [2.24, 2.45) is 5.73 Å². The number of hydrogen-bond donors (Lipinski definition) is 2. The van der Waals surface area contributed by atoms with E-state index in [1.807, 2.05) is 24.3 Å². The summed E-state index contributed by atoms with van der Waals surface area (Å²) < 4.78 is 0.921. The predicted molar refractivity (Wildman–Crippen MR) is 88.7 cm³/mol. The summed E-state index contributed by atoms with van der Waals surface area (Å²) in [6.45, 7) is 0.843. The molecule has 2 rings (SSSR count). The number of benzene rings is 2. The Morgan fingerprint density at radius 2 is 1.84 bits per heavy atom. The number of rotatable bonds is 5. The van der Waals surface area contributed by atoms with Crippen molar-refractivity contribution in [2.45, 2.75) is 6.42 Å². The van der Waals surface area contributed by atoms with E-state index in [0.29, 0.717) is 4.99 Å². The SMILES string of the molecule is NC(=S)c1c(Br)cccc1NCCc1ccccc1. The second kappa shape index (κ2) is 6.68. The Balaban J connectivity index is 2.04. The highest BCUT2D eigenvalue weighted by Crippen LogP contribution is 2.24. The number of nitrogens with one attached hydrogen (secondary N) is 1. The third-order valence-electron chi connectivity index (χ3n) is 2.83. The molecule has 0 aromatic heterocycles. The molecule has 0 amide bonds. The number of anilines is 1. The maximum absolute atomic E-state index is 5.76. The largest absolute Gasteiger partial charge is 0.389 e. The Morgan fingerprint density at radius 1 is 1.11 bits per heavy atom. The Morgan fingerprint density at radius 3 is 2.53 bits per heavy atom. The number of halogens is 1. The van der Waals surface area contributed by atoms with Gasteiger partial charge in [-0.05, 0) is 40.0 Å². The molecule has 19 heavy (non-hydrogen) atoms. The molecule has 0 aliphatic carbocycles. The van der Waals surface area contributed by atoms with E-state index < -0.39 is 0 Å². The van der Waals surface area contributed by atoms with Gasteiger partial charge in [0.1, 0.15) is 4.99 Å². The average molecular weight is 335 g/mol. The Kier molecular flexibility index (Phi) is 4.93. The summed E-state index contributed by atoms with van der Waals surface area (Å²) >= 11 is 8.57. The molecular formula is C15H15BrN2S. The molecule has 2 nitrogen and oxygen atoms in total. The van der Waals surface area contributed by atoms with Crippen LogP contribution in [0, 0.1) is 0 Å². The average Bonchev–Trinajstić information content (AvgIpc) is 2.39. The van der Waals surface area contributed by atoms with Gasteiger partial charge in [0.2, 0.25) is 0 Å². The Hall–Kier alpha value is -1.39. The van der Waals surface area contributed by atoms with Crippen molar-refractivity contribution in [1.29, 1.82) is 0 Å². The summed E-state index contributed by atoms with van der Waals surface area (Å²) in [5, 5.41) is 3.39. The van der Waals surface area contributed by atoms with Crippen molar-refractivity contribution < 1.29 is 0 Å². The van der Waals surface area contributed by atoms with Crippen LogP contribution in [0.5, 0.6) is 0 Å². The molecule has 0 saturated carbocycles. The summed E-state index contributed by atoms with van der Waals surface area (Å²) in [5.41, 5.74) is 8.90. The third kappa shape index (κ3) is 3.78. The third-order valence-corrected chi connectivity index (χ3v) is 3.70. The molecule has 98 valence electrons. The van der Waals surface area contributed by atoms with Crippen LogP contribution in [0.3, 0.4) is 0 Å². The summed E-state index contributed by atoms with van der Waals surface area (Å²) in [6, 6.07) is 16.3. The van der Waals surface area contributed by atoms with Crippen LogP contribution in [-0.2, 0) is 6.42 Å². The van der Waals surface area contributed by atoms with Gasteiger partial charge in [0.25, 0.3) is 0 Å². The topological polar surface area (TPSA) is 38.0 Å². The van der Waals surface area contributed by atoms with E-state index in [1.165, 1.54) is 5.56 Å². The standard InChI is InChI=1S/C15H15BrN2S/c16-12-7-4-8-13(14(12)15(17)19)18-10-9-11-5-2-1-3-6-11/h1-8,18H,9-10H2,(H2,17,19). The molecule has 0 saturated heterocycles. The van der Waals surface area contributed by atoms with Gasteiger partial charge in [-0.25, -0.2) is 0 Å². The van der Waals surface area contributed by atoms with Crippen molar-refractivity contribution in [2.75, 3.05) is 11.9 Å². The highest BCUT2D eigenvalue weighted by molar-refractivity contribution is 9.10. The van der Waals surface area contributed by atoms with Gasteiger partial charge in [0.05, 0.1) is 0 Å². The van der Waals surface area contributed by atoms with E-state index >= 15 is 0 Å². The van der Waals surface area contributed by atoms with Crippen molar-refractivity contribution >= 4 is 38.8 Å².